The first-order valence-electron chi connectivity index (χ1n) is 8.31. The zero-order valence-corrected chi connectivity index (χ0v) is 14.2. The fraction of sp³-hybridized carbons (Fsp3) is 0.389. The van der Waals surface area contributed by atoms with Gasteiger partial charge >= 0.3 is 0 Å². The largest absolute Gasteiger partial charge is 0.364 e. The van der Waals surface area contributed by atoms with Crippen molar-refractivity contribution in [2.24, 2.45) is 5.73 Å². The highest BCUT2D eigenvalue weighted by molar-refractivity contribution is 5.97. The zero-order chi connectivity index (χ0) is 17.1. The maximum Gasteiger partial charge on any atom is 0.271 e. The summed E-state index contributed by atoms with van der Waals surface area (Å²) in [6.45, 7) is 6.01. The molecule has 1 saturated heterocycles. The molecular weight excluding hydrogens is 302 g/mol. The Balaban J connectivity index is 1.95. The molecular formula is C18H23N5O. The van der Waals surface area contributed by atoms with Gasteiger partial charge < -0.3 is 16.0 Å². The zero-order valence-electron chi connectivity index (χ0n) is 14.2. The number of primary amides is 1. The molecule has 3 N–H and O–H groups in total. The summed E-state index contributed by atoms with van der Waals surface area (Å²) in [5.74, 6) is 0.200. The van der Waals surface area contributed by atoms with Crippen LogP contribution in [-0.2, 0) is 0 Å². The molecule has 1 amide bonds. The second kappa shape index (κ2) is 6.86. The Labute approximate surface area is 142 Å². The van der Waals surface area contributed by atoms with Crippen LogP contribution >= 0.6 is 0 Å². The monoisotopic (exact) mass is 325 g/mol. The van der Waals surface area contributed by atoms with Crippen molar-refractivity contribution in [3.05, 3.63) is 41.1 Å². The molecule has 0 radical (unpaired) electrons. The number of hydrogen-bond donors (Lipinski definition) is 2. The third kappa shape index (κ3) is 3.64. The summed E-state index contributed by atoms with van der Waals surface area (Å²) in [7, 11) is 0. The van der Waals surface area contributed by atoms with Crippen LogP contribution in [0.3, 0.4) is 0 Å². The number of hydrogen-bond acceptors (Lipinski definition) is 5. The van der Waals surface area contributed by atoms with Gasteiger partial charge in [-0.15, -0.1) is 10.2 Å². The molecule has 2 heterocycles. The number of amides is 1. The first kappa shape index (κ1) is 16.2. The minimum atomic E-state index is -0.584. The number of piperidine rings is 1. The van der Waals surface area contributed by atoms with Crippen molar-refractivity contribution < 1.29 is 4.79 Å². The Morgan fingerprint density at radius 2 is 1.71 bits per heavy atom. The molecule has 24 heavy (non-hydrogen) atoms. The Bertz CT molecular complexity index is 733. The van der Waals surface area contributed by atoms with Crippen LogP contribution in [0.5, 0.6) is 0 Å². The molecule has 1 aliphatic heterocycles. The van der Waals surface area contributed by atoms with Crippen molar-refractivity contribution in [1.82, 2.24) is 10.2 Å². The number of aromatic nitrogens is 2. The van der Waals surface area contributed by atoms with E-state index in [2.05, 4.69) is 26.5 Å². The van der Waals surface area contributed by atoms with Gasteiger partial charge in [-0.05, 0) is 56.4 Å². The number of nitrogens with zero attached hydrogens (tertiary/aromatic N) is 3. The second-order valence-corrected chi connectivity index (χ2v) is 6.38. The lowest BCUT2D eigenvalue weighted by atomic mass is 10.1. The molecule has 1 aromatic heterocycles. The van der Waals surface area contributed by atoms with Gasteiger partial charge in [-0.25, -0.2) is 0 Å². The Kier molecular flexibility index (Phi) is 4.64. The Morgan fingerprint density at radius 3 is 2.33 bits per heavy atom. The lowest BCUT2D eigenvalue weighted by Gasteiger charge is -2.27. The summed E-state index contributed by atoms with van der Waals surface area (Å²) in [4.78, 5) is 13.9. The average molecular weight is 325 g/mol. The molecule has 0 bridgehead atoms. The topological polar surface area (TPSA) is 84.1 Å². The van der Waals surface area contributed by atoms with Gasteiger partial charge in [0.1, 0.15) is 0 Å². The molecule has 0 saturated carbocycles. The van der Waals surface area contributed by atoms with Crippen molar-refractivity contribution in [1.29, 1.82) is 0 Å². The van der Waals surface area contributed by atoms with E-state index in [1.54, 1.807) is 0 Å². The van der Waals surface area contributed by atoms with Gasteiger partial charge in [0.25, 0.3) is 5.91 Å². The third-order valence-electron chi connectivity index (χ3n) is 4.20. The van der Waals surface area contributed by atoms with Gasteiger partial charge in [0.15, 0.2) is 11.5 Å². The number of carbonyl (C=O) groups excluding carboxylic acids is 1. The number of nitrogens with two attached hydrogens (primary N) is 1. The summed E-state index contributed by atoms with van der Waals surface area (Å²) in [5.41, 5.74) is 9.43. The maximum atomic E-state index is 11.7. The van der Waals surface area contributed by atoms with Crippen LogP contribution in [-0.4, -0.2) is 29.2 Å². The summed E-state index contributed by atoms with van der Waals surface area (Å²) in [5, 5.41) is 11.5. The minimum absolute atomic E-state index is 0.162. The van der Waals surface area contributed by atoms with E-state index < -0.39 is 5.91 Å². The van der Waals surface area contributed by atoms with Gasteiger partial charge in [0.2, 0.25) is 0 Å². The fourth-order valence-corrected chi connectivity index (χ4v) is 3.14. The molecule has 0 unspecified atom stereocenters. The van der Waals surface area contributed by atoms with Crippen LogP contribution in [0.25, 0.3) is 0 Å². The lowest BCUT2D eigenvalue weighted by Crippen LogP contribution is -2.31. The molecule has 1 aromatic carbocycles. The van der Waals surface area contributed by atoms with E-state index in [1.165, 1.54) is 6.42 Å². The van der Waals surface area contributed by atoms with E-state index in [4.69, 9.17) is 5.73 Å². The number of rotatable bonds is 4. The molecule has 6 nitrogen and oxygen atoms in total. The van der Waals surface area contributed by atoms with Crippen molar-refractivity contribution in [3.63, 3.8) is 0 Å². The molecule has 3 rings (SSSR count). The fourth-order valence-electron chi connectivity index (χ4n) is 3.14. The summed E-state index contributed by atoms with van der Waals surface area (Å²) in [6, 6.07) is 8.03. The standard InChI is InChI=1S/C18H23N5O/c1-12-8-13(2)10-14(9-12)20-15-11-16(21-22-17(15)18(19)24)23-6-4-3-5-7-23/h8-11H,3-7H2,1-2H3,(H2,19,24)(H,20,21). The van der Waals surface area contributed by atoms with Crippen molar-refractivity contribution >= 4 is 23.1 Å². The third-order valence-corrected chi connectivity index (χ3v) is 4.20. The van der Waals surface area contributed by atoms with Crippen LogP contribution in [0.2, 0.25) is 0 Å². The second-order valence-electron chi connectivity index (χ2n) is 6.38. The number of anilines is 3. The molecule has 2 aromatic rings. The van der Waals surface area contributed by atoms with Crippen molar-refractivity contribution in [2.45, 2.75) is 33.1 Å². The minimum Gasteiger partial charge on any atom is -0.364 e. The van der Waals surface area contributed by atoms with Crippen molar-refractivity contribution in [3.8, 4) is 0 Å². The van der Waals surface area contributed by atoms with Crippen LogP contribution in [0.15, 0.2) is 24.3 Å². The van der Waals surface area contributed by atoms with Gasteiger partial charge in [0, 0.05) is 24.8 Å². The normalized spacial score (nSPS) is 14.5. The first-order valence-corrected chi connectivity index (χ1v) is 8.31. The van der Waals surface area contributed by atoms with Gasteiger partial charge in [-0.3, -0.25) is 4.79 Å². The molecule has 0 spiro atoms. The Morgan fingerprint density at radius 1 is 1.04 bits per heavy atom. The molecule has 1 fully saturated rings. The van der Waals surface area contributed by atoms with Crippen LogP contribution < -0.4 is 16.0 Å². The molecule has 1 aliphatic rings. The van der Waals surface area contributed by atoms with E-state index in [9.17, 15) is 4.79 Å². The summed E-state index contributed by atoms with van der Waals surface area (Å²) >= 11 is 0. The SMILES string of the molecule is Cc1cc(C)cc(Nc2cc(N3CCCCC3)nnc2C(N)=O)c1. The maximum absolute atomic E-state index is 11.7. The molecule has 0 atom stereocenters. The predicted molar refractivity (Wildman–Crippen MR) is 95.8 cm³/mol. The number of nitrogens with one attached hydrogen (secondary N) is 1. The predicted octanol–water partition coefficient (Wildman–Crippen LogP) is 2.93. The van der Waals surface area contributed by atoms with E-state index in [0.29, 0.717) is 5.69 Å². The highest BCUT2D eigenvalue weighted by Crippen LogP contribution is 2.26. The highest BCUT2D eigenvalue weighted by Gasteiger charge is 2.17. The van der Waals surface area contributed by atoms with Crippen LogP contribution in [0.1, 0.15) is 40.9 Å². The number of aryl methyl sites for hydroxylation is 2. The molecule has 0 aliphatic carbocycles. The van der Waals surface area contributed by atoms with Gasteiger partial charge in [0.05, 0.1) is 5.69 Å². The number of carbonyl (C=O) groups is 1. The summed E-state index contributed by atoms with van der Waals surface area (Å²) < 4.78 is 0. The number of benzene rings is 1. The smallest absolute Gasteiger partial charge is 0.271 e. The van der Waals surface area contributed by atoms with E-state index in [0.717, 1.165) is 48.6 Å². The Hall–Kier alpha value is -2.63. The lowest BCUT2D eigenvalue weighted by molar-refractivity contribution is 0.0995. The van der Waals surface area contributed by atoms with E-state index in [-0.39, 0.29) is 5.69 Å². The molecule has 6 heteroatoms. The van der Waals surface area contributed by atoms with Crippen molar-refractivity contribution in [2.75, 3.05) is 23.3 Å². The summed E-state index contributed by atoms with van der Waals surface area (Å²) in [6.07, 6.45) is 3.55. The molecule has 126 valence electrons. The van der Waals surface area contributed by atoms with E-state index >= 15 is 0 Å². The van der Waals surface area contributed by atoms with Gasteiger partial charge in [-0.2, -0.15) is 0 Å². The van der Waals surface area contributed by atoms with Gasteiger partial charge in [-0.1, -0.05) is 6.07 Å². The van der Waals surface area contributed by atoms with Crippen LogP contribution in [0, 0.1) is 13.8 Å². The highest BCUT2D eigenvalue weighted by atomic mass is 16.1. The quantitative estimate of drug-likeness (QED) is 0.903. The average Bonchev–Trinajstić information content (AvgIpc) is 2.54. The first-order chi connectivity index (χ1) is 11.5. The van der Waals surface area contributed by atoms with E-state index in [1.807, 2.05) is 32.0 Å². The van der Waals surface area contributed by atoms with Crippen LogP contribution in [0.4, 0.5) is 17.2 Å².